The molecular weight excluding hydrogens is 226 g/mol. The van der Waals surface area contributed by atoms with Gasteiger partial charge in [-0.15, -0.1) is 10.2 Å². The van der Waals surface area contributed by atoms with Crippen molar-refractivity contribution in [3.05, 3.63) is 21.1 Å². The van der Waals surface area contributed by atoms with Crippen LogP contribution in [0.15, 0.2) is 4.79 Å². The van der Waals surface area contributed by atoms with Crippen LogP contribution in [0.25, 0.3) is 4.96 Å². The van der Waals surface area contributed by atoms with E-state index in [-0.39, 0.29) is 11.0 Å². The zero-order valence-electron chi connectivity index (χ0n) is 9.39. The Balaban J connectivity index is 2.74. The van der Waals surface area contributed by atoms with Crippen LogP contribution in [0.3, 0.4) is 0 Å². The number of nitrogens with two attached hydrogens (primary N) is 1. The van der Waals surface area contributed by atoms with Gasteiger partial charge in [-0.2, -0.15) is 9.61 Å². The molecule has 6 nitrogen and oxygen atoms in total. The first-order valence-electron chi connectivity index (χ1n) is 4.89. The molecule has 2 aromatic heterocycles. The third-order valence-electron chi connectivity index (χ3n) is 2.12. The topological polar surface area (TPSA) is 86.2 Å². The molecule has 0 aliphatic rings. The molecule has 2 heterocycles. The Hall–Kier alpha value is -1.34. The Morgan fingerprint density at radius 2 is 2.06 bits per heavy atom. The summed E-state index contributed by atoms with van der Waals surface area (Å²) in [4.78, 5) is 12.6. The van der Waals surface area contributed by atoms with E-state index < -0.39 is 0 Å². The molecule has 2 aromatic rings. The fourth-order valence-corrected chi connectivity index (χ4v) is 2.02. The molecule has 0 fully saturated rings. The first-order chi connectivity index (χ1) is 7.43. The molecule has 0 saturated heterocycles. The Kier molecular flexibility index (Phi) is 2.51. The number of nitrogens with zero attached hydrogens (tertiary/aromatic N) is 4. The predicted molar refractivity (Wildman–Crippen MR) is 61.5 cm³/mol. The van der Waals surface area contributed by atoms with Gasteiger partial charge in [-0.05, 0) is 0 Å². The van der Waals surface area contributed by atoms with Crippen molar-refractivity contribution in [2.75, 3.05) is 0 Å². The molecular formula is C9H13N5OS. The summed E-state index contributed by atoms with van der Waals surface area (Å²) >= 11 is 1.28. The van der Waals surface area contributed by atoms with E-state index in [0.717, 1.165) is 0 Å². The molecule has 0 unspecified atom stereocenters. The minimum Gasteiger partial charge on any atom is -0.324 e. The highest BCUT2D eigenvalue weighted by atomic mass is 32.1. The van der Waals surface area contributed by atoms with Crippen LogP contribution in [0.4, 0.5) is 0 Å². The molecule has 2 rings (SSSR count). The van der Waals surface area contributed by atoms with Gasteiger partial charge in [0.15, 0.2) is 0 Å². The van der Waals surface area contributed by atoms with Crippen molar-refractivity contribution in [2.24, 2.45) is 5.73 Å². The molecule has 0 aromatic carbocycles. The number of hydrogen-bond donors (Lipinski definition) is 1. The number of rotatable bonds is 1. The molecule has 0 bridgehead atoms. The first kappa shape index (κ1) is 11.2. The van der Waals surface area contributed by atoms with Gasteiger partial charge < -0.3 is 5.73 Å². The second-order valence-corrected chi connectivity index (χ2v) is 5.54. The maximum atomic E-state index is 12.1. The third-order valence-corrected chi connectivity index (χ3v) is 3.04. The second-order valence-electron chi connectivity index (χ2n) is 4.50. The van der Waals surface area contributed by atoms with E-state index in [9.17, 15) is 4.79 Å². The van der Waals surface area contributed by atoms with E-state index in [4.69, 9.17) is 5.73 Å². The van der Waals surface area contributed by atoms with E-state index in [1.165, 1.54) is 15.9 Å². The summed E-state index contributed by atoms with van der Waals surface area (Å²) < 4.78 is 1.28. The lowest BCUT2D eigenvalue weighted by Gasteiger charge is -2.14. The van der Waals surface area contributed by atoms with Gasteiger partial charge in [-0.25, -0.2) is 0 Å². The smallest absolute Gasteiger partial charge is 0.297 e. The number of aromatic nitrogens is 4. The lowest BCUT2D eigenvalue weighted by atomic mass is 9.93. The Morgan fingerprint density at radius 3 is 2.62 bits per heavy atom. The second kappa shape index (κ2) is 3.60. The van der Waals surface area contributed by atoms with Crippen LogP contribution in [-0.2, 0) is 12.0 Å². The van der Waals surface area contributed by atoms with E-state index in [1.54, 1.807) is 0 Å². The third kappa shape index (κ3) is 1.72. The highest BCUT2D eigenvalue weighted by Crippen LogP contribution is 2.17. The number of fused-ring (bicyclic) bond motifs is 1. The van der Waals surface area contributed by atoms with Crippen molar-refractivity contribution in [3.63, 3.8) is 0 Å². The molecule has 0 atom stereocenters. The van der Waals surface area contributed by atoms with E-state index in [2.05, 4.69) is 15.3 Å². The normalized spacial score (nSPS) is 12.2. The summed E-state index contributed by atoms with van der Waals surface area (Å²) in [5.74, 6) is 0. The summed E-state index contributed by atoms with van der Waals surface area (Å²) in [6, 6.07) is 0. The molecule has 0 radical (unpaired) electrons. The molecule has 16 heavy (non-hydrogen) atoms. The van der Waals surface area contributed by atoms with Crippen LogP contribution in [-0.4, -0.2) is 19.8 Å². The van der Waals surface area contributed by atoms with Crippen LogP contribution in [0.1, 0.15) is 31.5 Å². The molecule has 0 spiro atoms. The first-order valence-corrected chi connectivity index (χ1v) is 5.71. The molecule has 7 heteroatoms. The minimum absolute atomic E-state index is 0.214. The Bertz CT molecular complexity index is 580. The summed E-state index contributed by atoms with van der Waals surface area (Å²) in [7, 11) is 0. The lowest BCUT2D eigenvalue weighted by Crippen LogP contribution is -2.30. The summed E-state index contributed by atoms with van der Waals surface area (Å²) in [5, 5.41) is 12.7. The molecule has 0 saturated carbocycles. The maximum Gasteiger partial charge on any atom is 0.297 e. The monoisotopic (exact) mass is 239 g/mol. The lowest BCUT2D eigenvalue weighted by molar-refractivity contribution is 0.542. The van der Waals surface area contributed by atoms with Gasteiger partial charge in [0.25, 0.3) is 5.56 Å². The average molecular weight is 239 g/mol. The fourth-order valence-electron chi connectivity index (χ4n) is 1.31. The van der Waals surface area contributed by atoms with Crippen LogP contribution in [0.5, 0.6) is 0 Å². The van der Waals surface area contributed by atoms with Crippen molar-refractivity contribution in [1.82, 2.24) is 19.8 Å². The Labute approximate surface area is 96.1 Å². The SMILES string of the molecule is CC(C)(C)c1nnc2sc(CN)nn2c1=O. The molecule has 0 amide bonds. The van der Waals surface area contributed by atoms with Crippen LogP contribution in [0.2, 0.25) is 0 Å². The van der Waals surface area contributed by atoms with Gasteiger partial charge in [-0.3, -0.25) is 4.79 Å². The van der Waals surface area contributed by atoms with Crippen LogP contribution < -0.4 is 11.3 Å². The largest absolute Gasteiger partial charge is 0.324 e. The zero-order chi connectivity index (χ0) is 11.9. The van der Waals surface area contributed by atoms with Crippen molar-refractivity contribution >= 4 is 16.3 Å². The van der Waals surface area contributed by atoms with Gasteiger partial charge >= 0.3 is 0 Å². The quantitative estimate of drug-likeness (QED) is 0.773. The molecule has 0 aliphatic carbocycles. The molecule has 2 N–H and O–H groups in total. The maximum absolute atomic E-state index is 12.1. The fraction of sp³-hybridized carbons (Fsp3) is 0.556. The van der Waals surface area contributed by atoms with Crippen LogP contribution in [0, 0.1) is 0 Å². The summed E-state index contributed by atoms with van der Waals surface area (Å²) in [6.45, 7) is 6.06. The minimum atomic E-state index is -0.336. The Morgan fingerprint density at radius 1 is 1.38 bits per heavy atom. The predicted octanol–water partition coefficient (Wildman–Crippen LogP) is 0.302. The van der Waals surface area contributed by atoms with Gasteiger partial charge in [-0.1, -0.05) is 32.1 Å². The van der Waals surface area contributed by atoms with Crippen molar-refractivity contribution < 1.29 is 0 Å². The summed E-state index contributed by atoms with van der Waals surface area (Å²) in [6.07, 6.45) is 0. The standard InChI is InChI=1S/C9H13N5OS/c1-9(2,3)6-7(15)14-8(12-11-6)16-5(4-10)13-14/h4,10H2,1-3H3. The molecule has 0 aliphatic heterocycles. The van der Waals surface area contributed by atoms with Gasteiger partial charge in [0.2, 0.25) is 4.96 Å². The van der Waals surface area contributed by atoms with Crippen LogP contribution >= 0.6 is 11.3 Å². The van der Waals surface area contributed by atoms with Crippen molar-refractivity contribution in [1.29, 1.82) is 0 Å². The average Bonchev–Trinajstić information content (AvgIpc) is 2.60. The highest BCUT2D eigenvalue weighted by Gasteiger charge is 2.22. The number of hydrogen-bond acceptors (Lipinski definition) is 6. The van der Waals surface area contributed by atoms with E-state index in [1.807, 2.05) is 20.8 Å². The van der Waals surface area contributed by atoms with Gasteiger partial charge in [0.05, 0.1) is 0 Å². The summed E-state index contributed by atoms with van der Waals surface area (Å²) in [5.41, 5.74) is 5.34. The van der Waals surface area contributed by atoms with Crippen molar-refractivity contribution in [3.8, 4) is 0 Å². The van der Waals surface area contributed by atoms with Gasteiger partial charge in [0.1, 0.15) is 10.7 Å². The zero-order valence-corrected chi connectivity index (χ0v) is 10.2. The van der Waals surface area contributed by atoms with E-state index >= 15 is 0 Å². The molecule has 86 valence electrons. The van der Waals surface area contributed by atoms with Crippen molar-refractivity contribution in [2.45, 2.75) is 32.7 Å². The van der Waals surface area contributed by atoms with E-state index in [0.29, 0.717) is 22.2 Å². The highest BCUT2D eigenvalue weighted by molar-refractivity contribution is 7.16. The van der Waals surface area contributed by atoms with Gasteiger partial charge in [0, 0.05) is 12.0 Å².